The monoisotopic (exact) mass is 166 g/mol. The summed E-state index contributed by atoms with van der Waals surface area (Å²) in [6.07, 6.45) is 0. The van der Waals surface area contributed by atoms with E-state index in [1.807, 2.05) is 0 Å². The van der Waals surface area contributed by atoms with Crippen LogP contribution in [0.1, 0.15) is 11.1 Å². The fraction of sp³-hybridized carbons (Fsp3) is 0.250. The lowest BCUT2D eigenvalue weighted by Crippen LogP contribution is -2.14. The van der Waals surface area contributed by atoms with Crippen molar-refractivity contribution in [2.45, 2.75) is 13.8 Å². The van der Waals surface area contributed by atoms with E-state index in [9.17, 15) is 0 Å². The van der Waals surface area contributed by atoms with Crippen molar-refractivity contribution in [3.8, 4) is 0 Å². The van der Waals surface area contributed by atoms with Crippen molar-refractivity contribution in [2.75, 3.05) is 0 Å². The summed E-state index contributed by atoms with van der Waals surface area (Å²) in [6, 6.07) is 6.92. The Morgan fingerprint density at radius 3 is 2.00 bits per heavy atom. The van der Waals surface area contributed by atoms with Crippen molar-refractivity contribution in [1.82, 2.24) is 0 Å². The minimum absolute atomic E-state index is 0.187. The molecule has 2 heteroatoms. The second-order valence-corrected chi connectivity index (χ2v) is 6.49. The summed E-state index contributed by atoms with van der Waals surface area (Å²) in [5, 5.41) is 1.64. The molecule has 1 rings (SSSR count). The molecule has 0 aromatic heterocycles. The number of rotatable bonds is 1. The Morgan fingerprint density at radius 2 is 1.60 bits per heavy atom. The summed E-state index contributed by atoms with van der Waals surface area (Å²) in [4.78, 5) is 0. The van der Waals surface area contributed by atoms with Gasteiger partial charge in [-0.2, -0.15) is 0 Å². The molecule has 0 saturated carbocycles. The summed E-state index contributed by atoms with van der Waals surface area (Å²) < 4.78 is 0. The van der Waals surface area contributed by atoms with E-state index in [0.717, 1.165) is 0 Å². The van der Waals surface area contributed by atoms with Crippen LogP contribution in [0, 0.1) is 13.8 Å². The number of hydrogen-bond acceptors (Lipinski definition) is 0. The van der Waals surface area contributed by atoms with Gasteiger partial charge in [-0.1, -0.05) is 34.5 Å². The van der Waals surface area contributed by atoms with E-state index >= 15 is 0 Å². The van der Waals surface area contributed by atoms with E-state index in [1.165, 1.54) is 20.9 Å². The highest BCUT2D eigenvalue weighted by Crippen LogP contribution is 1.98. The van der Waals surface area contributed by atoms with Crippen LogP contribution in [0.4, 0.5) is 0 Å². The van der Waals surface area contributed by atoms with Crippen LogP contribution in [-0.4, -0.2) is 18.8 Å². The molecule has 0 amide bonds. The molecule has 1 aromatic carbocycles. The molecule has 0 N–H and O–H groups in total. The third-order valence-electron chi connectivity index (χ3n) is 1.69. The molecule has 0 fully saturated rings. The Kier molecular flexibility index (Phi) is 2.46. The van der Waals surface area contributed by atoms with Crippen LogP contribution in [-0.2, 0) is 0 Å². The van der Waals surface area contributed by atoms with Gasteiger partial charge in [0, 0.05) is 9.04 Å². The first-order valence-corrected chi connectivity index (χ1v) is 10.2. The zero-order valence-corrected chi connectivity index (χ0v) is 10.4. The van der Waals surface area contributed by atoms with Crippen LogP contribution in [0.3, 0.4) is 0 Å². The fourth-order valence-electron chi connectivity index (χ4n) is 1.27. The predicted octanol–water partition coefficient (Wildman–Crippen LogP) is -0.622. The molecule has 0 saturated heterocycles. The van der Waals surface area contributed by atoms with Gasteiger partial charge in [0.15, 0.2) is 0 Å². The van der Waals surface area contributed by atoms with Crippen LogP contribution >= 0.6 is 0 Å². The van der Waals surface area contributed by atoms with Gasteiger partial charge in [0.25, 0.3) is 0 Å². The first-order valence-electron chi connectivity index (χ1n) is 3.79. The van der Waals surface area contributed by atoms with E-state index in [4.69, 9.17) is 0 Å². The Bertz CT molecular complexity index is 210. The predicted molar refractivity (Wildman–Crippen MR) is 54.0 cm³/mol. The second-order valence-electron chi connectivity index (χ2n) is 2.85. The van der Waals surface area contributed by atoms with Crippen molar-refractivity contribution in [3.05, 3.63) is 29.3 Å². The highest BCUT2D eigenvalue weighted by molar-refractivity contribution is 6.97. The summed E-state index contributed by atoms with van der Waals surface area (Å²) >= 11 is 0. The van der Waals surface area contributed by atoms with E-state index in [-0.39, 0.29) is 9.04 Å². The van der Waals surface area contributed by atoms with Crippen molar-refractivity contribution in [2.24, 2.45) is 0 Å². The average molecular weight is 166 g/mol. The molecule has 0 aliphatic rings. The van der Waals surface area contributed by atoms with Gasteiger partial charge in [-0.05, 0) is 23.6 Å². The minimum Gasteiger partial charge on any atom is -0.0699 e. The molecule has 0 atom stereocenters. The number of benzene rings is 1. The fourth-order valence-corrected chi connectivity index (χ4v) is 3.55. The highest BCUT2D eigenvalue weighted by Gasteiger charge is 1.91. The van der Waals surface area contributed by atoms with E-state index in [2.05, 4.69) is 32.0 Å². The van der Waals surface area contributed by atoms with Gasteiger partial charge < -0.3 is 0 Å². The van der Waals surface area contributed by atoms with Crippen LogP contribution in [0.2, 0.25) is 0 Å². The molecule has 54 valence electrons. The van der Waals surface area contributed by atoms with Crippen LogP contribution in [0.15, 0.2) is 18.2 Å². The molecule has 0 nitrogen and oxygen atoms in total. The topological polar surface area (TPSA) is 0 Å². The molecule has 0 bridgehead atoms. The summed E-state index contributed by atoms with van der Waals surface area (Å²) in [6.45, 7) is 4.37. The Morgan fingerprint density at radius 1 is 1.10 bits per heavy atom. The van der Waals surface area contributed by atoms with Gasteiger partial charge in [0.05, 0.1) is 0 Å². The van der Waals surface area contributed by atoms with Gasteiger partial charge in [-0.15, -0.1) is 0 Å². The Balaban J connectivity index is 3.06. The van der Waals surface area contributed by atoms with E-state index in [1.54, 1.807) is 5.19 Å². The maximum atomic E-state index is 2.34. The van der Waals surface area contributed by atoms with Crippen molar-refractivity contribution in [1.29, 1.82) is 0 Å². The molecule has 0 unspecified atom stereocenters. The molecule has 0 aliphatic heterocycles. The molecule has 10 heavy (non-hydrogen) atoms. The van der Waals surface area contributed by atoms with Crippen molar-refractivity contribution < 1.29 is 0 Å². The smallest absolute Gasteiger partial charge is 0.0384 e. The quantitative estimate of drug-likeness (QED) is 0.488. The lowest BCUT2D eigenvalue weighted by atomic mass is 10.2. The largest absolute Gasteiger partial charge is 0.0699 e. The molecule has 0 aliphatic carbocycles. The van der Waals surface area contributed by atoms with Gasteiger partial charge in [-0.3, -0.25) is 0 Å². The van der Waals surface area contributed by atoms with E-state index < -0.39 is 0 Å². The average Bonchev–Trinajstić information content (AvgIpc) is 1.85. The molecular weight excluding hydrogens is 152 g/mol. The molecule has 0 radical (unpaired) electrons. The first-order chi connectivity index (χ1) is 4.72. The molecule has 1 aromatic rings. The summed E-state index contributed by atoms with van der Waals surface area (Å²) in [5.41, 5.74) is 2.86. The lowest BCUT2D eigenvalue weighted by Gasteiger charge is -2.00. The molecule has 0 spiro atoms. The minimum atomic E-state index is 0.187. The zero-order valence-electron chi connectivity index (χ0n) is 6.94. The van der Waals surface area contributed by atoms with Crippen LogP contribution in [0.5, 0.6) is 0 Å². The Labute approximate surface area is 67.7 Å². The van der Waals surface area contributed by atoms with Gasteiger partial charge in [0.1, 0.15) is 0 Å². The standard InChI is InChI=1S/C8H14Si2/c1-6-3-7(2)5-8(4-6)10-9/h3-5H,10H2,1-2,9H3. The Hall–Kier alpha value is -0.346. The van der Waals surface area contributed by atoms with Gasteiger partial charge in [0.2, 0.25) is 0 Å². The maximum absolute atomic E-state index is 2.34. The lowest BCUT2D eigenvalue weighted by molar-refractivity contribution is 1.40. The third kappa shape index (κ3) is 1.82. The number of hydrogen-bond donors (Lipinski definition) is 0. The van der Waals surface area contributed by atoms with Crippen molar-refractivity contribution >= 4 is 24.0 Å². The highest BCUT2D eigenvalue weighted by atomic mass is 29.1. The zero-order chi connectivity index (χ0) is 7.56. The van der Waals surface area contributed by atoms with Crippen LogP contribution < -0.4 is 5.19 Å². The SMILES string of the molecule is Cc1cc(C)cc([SiH2][SiH3])c1. The normalized spacial score (nSPS) is 11.4. The van der Waals surface area contributed by atoms with Crippen LogP contribution in [0.25, 0.3) is 0 Å². The first kappa shape index (κ1) is 7.76. The van der Waals surface area contributed by atoms with Gasteiger partial charge >= 0.3 is 0 Å². The van der Waals surface area contributed by atoms with Crippen molar-refractivity contribution in [3.63, 3.8) is 0 Å². The summed E-state index contributed by atoms with van der Waals surface area (Å²) in [5.74, 6) is 0. The van der Waals surface area contributed by atoms with E-state index in [0.29, 0.717) is 0 Å². The second kappa shape index (κ2) is 3.17. The maximum Gasteiger partial charge on any atom is 0.0384 e. The summed E-state index contributed by atoms with van der Waals surface area (Å²) in [7, 11) is 1.60. The molecule has 0 heterocycles. The third-order valence-corrected chi connectivity index (χ3v) is 5.36. The van der Waals surface area contributed by atoms with Gasteiger partial charge in [-0.25, -0.2) is 0 Å². The molecular formula is C8H14Si2. The number of aryl methyl sites for hydroxylation is 2.